The van der Waals surface area contributed by atoms with Gasteiger partial charge in [-0.2, -0.15) is 0 Å². The van der Waals surface area contributed by atoms with Gasteiger partial charge in [0.05, 0.1) is 6.10 Å². The lowest BCUT2D eigenvalue weighted by Crippen LogP contribution is -2.32. The Labute approximate surface area is 145 Å². The van der Waals surface area contributed by atoms with Crippen LogP contribution in [0, 0.1) is 0 Å². The molecule has 0 radical (unpaired) electrons. The van der Waals surface area contributed by atoms with Gasteiger partial charge in [0.25, 0.3) is 5.91 Å². The third-order valence-electron chi connectivity index (χ3n) is 3.80. The predicted molar refractivity (Wildman–Crippen MR) is 92.1 cm³/mol. The van der Waals surface area contributed by atoms with Crippen molar-refractivity contribution in [2.75, 3.05) is 18.5 Å². The lowest BCUT2D eigenvalue weighted by Gasteiger charge is -2.11. The topological polar surface area (TPSA) is 76.1 Å². The Bertz CT molecular complexity index is 687. The summed E-state index contributed by atoms with van der Waals surface area (Å²) in [6.07, 6.45) is 3.52. The van der Waals surface area contributed by atoms with Crippen LogP contribution in [0.3, 0.4) is 0 Å². The Hall–Kier alpha value is -2.18. The van der Waals surface area contributed by atoms with Gasteiger partial charge in [0.15, 0.2) is 0 Å². The number of hydrogen-bond donors (Lipinski definition) is 2. The van der Waals surface area contributed by atoms with Crippen LogP contribution in [0.1, 0.15) is 28.9 Å². The van der Waals surface area contributed by atoms with Gasteiger partial charge in [-0.3, -0.25) is 4.79 Å². The summed E-state index contributed by atoms with van der Waals surface area (Å²) in [5, 5.41) is 6.73. The fourth-order valence-corrected chi connectivity index (χ4v) is 2.60. The minimum Gasteiger partial charge on any atom is -0.376 e. The highest BCUT2D eigenvalue weighted by molar-refractivity contribution is 6.30. The molecule has 0 bridgehead atoms. The van der Waals surface area contributed by atoms with Crippen molar-refractivity contribution in [3.05, 3.63) is 52.9 Å². The first-order valence-corrected chi connectivity index (χ1v) is 8.28. The van der Waals surface area contributed by atoms with Crippen molar-refractivity contribution in [3.63, 3.8) is 0 Å². The molecular weight excluding hydrogens is 328 g/mol. The molecule has 2 aromatic rings. The first-order valence-electron chi connectivity index (χ1n) is 7.91. The summed E-state index contributed by atoms with van der Waals surface area (Å²) in [7, 11) is 0. The van der Waals surface area contributed by atoms with E-state index in [-0.39, 0.29) is 12.0 Å². The number of halogens is 1. The normalized spacial score (nSPS) is 16.8. The van der Waals surface area contributed by atoms with Crippen molar-refractivity contribution < 1.29 is 9.53 Å². The van der Waals surface area contributed by atoms with Crippen molar-refractivity contribution in [1.29, 1.82) is 0 Å². The van der Waals surface area contributed by atoms with E-state index in [1.807, 2.05) is 24.3 Å². The van der Waals surface area contributed by atoms with E-state index in [1.54, 1.807) is 6.07 Å². The van der Waals surface area contributed by atoms with Crippen molar-refractivity contribution in [1.82, 2.24) is 15.3 Å². The Morgan fingerprint density at radius 1 is 1.29 bits per heavy atom. The van der Waals surface area contributed by atoms with Crippen LogP contribution in [0.15, 0.2) is 36.7 Å². The maximum absolute atomic E-state index is 12.2. The smallest absolute Gasteiger partial charge is 0.270 e. The Morgan fingerprint density at radius 2 is 2.12 bits per heavy atom. The molecule has 1 aromatic carbocycles. The molecule has 0 aliphatic carbocycles. The summed E-state index contributed by atoms with van der Waals surface area (Å²) in [5.41, 5.74) is 1.41. The predicted octanol–water partition coefficient (Wildman–Crippen LogP) is 2.65. The molecule has 0 saturated carbocycles. The molecule has 126 valence electrons. The molecule has 1 saturated heterocycles. The van der Waals surface area contributed by atoms with Gasteiger partial charge in [-0.15, -0.1) is 0 Å². The summed E-state index contributed by atoms with van der Waals surface area (Å²) in [4.78, 5) is 20.3. The summed E-state index contributed by atoms with van der Waals surface area (Å²) in [5.74, 6) is 0.379. The molecule has 0 spiro atoms. The van der Waals surface area contributed by atoms with Crippen LogP contribution < -0.4 is 10.6 Å². The van der Waals surface area contributed by atoms with Gasteiger partial charge in [-0.1, -0.05) is 23.7 Å². The number of rotatable bonds is 6. The van der Waals surface area contributed by atoms with Crippen molar-refractivity contribution in [2.45, 2.75) is 25.5 Å². The largest absolute Gasteiger partial charge is 0.376 e. The lowest BCUT2D eigenvalue weighted by atomic mass is 10.2. The molecule has 1 aliphatic heterocycles. The zero-order valence-electron chi connectivity index (χ0n) is 13.2. The zero-order valence-corrected chi connectivity index (χ0v) is 13.9. The monoisotopic (exact) mass is 346 g/mol. The van der Waals surface area contributed by atoms with Crippen LogP contribution in [0.25, 0.3) is 0 Å². The summed E-state index contributed by atoms with van der Waals surface area (Å²) in [6, 6.07) is 9.18. The van der Waals surface area contributed by atoms with Gasteiger partial charge < -0.3 is 15.4 Å². The first kappa shape index (κ1) is 16.7. The second-order valence-electron chi connectivity index (χ2n) is 5.61. The molecule has 2 N–H and O–H groups in total. The number of aromatic nitrogens is 2. The van der Waals surface area contributed by atoms with Crippen molar-refractivity contribution >= 4 is 23.3 Å². The molecule has 1 amide bonds. The number of ether oxygens (including phenoxy) is 1. The molecule has 6 nitrogen and oxygen atoms in total. The Balaban J connectivity index is 1.54. The quantitative estimate of drug-likeness (QED) is 0.841. The molecule has 24 heavy (non-hydrogen) atoms. The van der Waals surface area contributed by atoms with Gasteiger partial charge >= 0.3 is 0 Å². The van der Waals surface area contributed by atoms with E-state index in [0.29, 0.717) is 29.6 Å². The highest BCUT2D eigenvalue weighted by Crippen LogP contribution is 2.12. The molecule has 1 unspecified atom stereocenters. The summed E-state index contributed by atoms with van der Waals surface area (Å²) >= 11 is 5.87. The maximum Gasteiger partial charge on any atom is 0.270 e. The molecular formula is C17H19ClN4O2. The molecule has 3 rings (SSSR count). The minimum absolute atomic E-state index is 0.110. The molecule has 1 aliphatic rings. The standard InChI is InChI=1S/C17H19ClN4O2/c18-13-5-3-12(4-6-13)9-19-16-8-15(21-11-22-16)17(23)20-10-14-2-1-7-24-14/h3-6,8,11,14H,1-2,7,9-10H2,(H,20,23)(H,19,21,22). The average Bonchev–Trinajstić information content (AvgIpc) is 3.13. The zero-order chi connectivity index (χ0) is 16.8. The van der Waals surface area contributed by atoms with E-state index in [1.165, 1.54) is 6.33 Å². The second kappa shape index (κ2) is 8.08. The van der Waals surface area contributed by atoms with Crippen LogP contribution in [0.2, 0.25) is 5.02 Å². The Kier molecular flexibility index (Phi) is 5.61. The lowest BCUT2D eigenvalue weighted by molar-refractivity contribution is 0.0853. The van der Waals surface area contributed by atoms with Gasteiger partial charge in [-0.25, -0.2) is 9.97 Å². The highest BCUT2D eigenvalue weighted by atomic mass is 35.5. The average molecular weight is 347 g/mol. The second-order valence-corrected chi connectivity index (χ2v) is 6.05. The van der Waals surface area contributed by atoms with Gasteiger partial charge in [0.1, 0.15) is 17.8 Å². The van der Waals surface area contributed by atoms with Crippen LogP contribution >= 0.6 is 11.6 Å². The van der Waals surface area contributed by atoms with Gasteiger partial charge in [0.2, 0.25) is 0 Å². The van der Waals surface area contributed by atoms with Crippen LogP contribution in [-0.2, 0) is 11.3 Å². The van der Waals surface area contributed by atoms with Crippen LogP contribution in [0.5, 0.6) is 0 Å². The number of hydrogen-bond acceptors (Lipinski definition) is 5. The number of amides is 1. The van der Waals surface area contributed by atoms with Crippen molar-refractivity contribution in [3.8, 4) is 0 Å². The summed E-state index contributed by atoms with van der Waals surface area (Å²) in [6.45, 7) is 1.87. The van der Waals surface area contributed by atoms with E-state index in [0.717, 1.165) is 25.0 Å². The number of benzene rings is 1. The number of anilines is 1. The summed E-state index contributed by atoms with van der Waals surface area (Å²) < 4.78 is 5.49. The number of nitrogens with one attached hydrogen (secondary N) is 2. The number of carbonyl (C=O) groups is 1. The van der Waals surface area contributed by atoms with E-state index in [2.05, 4.69) is 20.6 Å². The van der Waals surface area contributed by atoms with Gasteiger partial charge in [0, 0.05) is 30.8 Å². The van der Waals surface area contributed by atoms with E-state index >= 15 is 0 Å². The van der Waals surface area contributed by atoms with Crippen LogP contribution in [0.4, 0.5) is 5.82 Å². The molecule has 1 atom stereocenters. The third-order valence-corrected chi connectivity index (χ3v) is 4.05. The van der Waals surface area contributed by atoms with E-state index in [4.69, 9.17) is 16.3 Å². The SMILES string of the molecule is O=C(NCC1CCCO1)c1cc(NCc2ccc(Cl)cc2)ncn1. The number of nitrogens with zero attached hydrogens (tertiary/aromatic N) is 2. The third kappa shape index (κ3) is 4.66. The van der Waals surface area contributed by atoms with Crippen LogP contribution in [-0.4, -0.2) is 35.1 Å². The number of carbonyl (C=O) groups excluding carboxylic acids is 1. The Morgan fingerprint density at radius 3 is 2.88 bits per heavy atom. The fraction of sp³-hybridized carbons (Fsp3) is 0.353. The molecule has 1 fully saturated rings. The maximum atomic E-state index is 12.2. The van der Waals surface area contributed by atoms with E-state index < -0.39 is 0 Å². The molecule has 2 heterocycles. The fourth-order valence-electron chi connectivity index (χ4n) is 2.48. The minimum atomic E-state index is -0.220. The molecule has 7 heteroatoms. The van der Waals surface area contributed by atoms with Gasteiger partial charge in [-0.05, 0) is 30.5 Å². The molecule has 1 aromatic heterocycles. The van der Waals surface area contributed by atoms with Crippen molar-refractivity contribution in [2.24, 2.45) is 0 Å². The van der Waals surface area contributed by atoms with E-state index in [9.17, 15) is 4.79 Å². The first-order chi connectivity index (χ1) is 11.7. The highest BCUT2D eigenvalue weighted by Gasteiger charge is 2.17.